The summed E-state index contributed by atoms with van der Waals surface area (Å²) in [6, 6.07) is 4.78. The monoisotopic (exact) mass is 247 g/mol. The van der Waals surface area contributed by atoms with Gasteiger partial charge in [0.2, 0.25) is 0 Å². The lowest BCUT2D eigenvalue weighted by atomic mass is 10.1. The fraction of sp³-hybridized carbons (Fsp3) is 0.357. The van der Waals surface area contributed by atoms with Gasteiger partial charge in [0, 0.05) is 31.0 Å². The summed E-state index contributed by atoms with van der Waals surface area (Å²) in [5.74, 6) is -0.218. The zero-order chi connectivity index (χ0) is 13.1. The van der Waals surface area contributed by atoms with Crippen LogP contribution >= 0.6 is 0 Å². The minimum absolute atomic E-state index is 0.218. The minimum atomic E-state index is -0.218. The fourth-order valence-corrected chi connectivity index (χ4v) is 2.00. The quantitative estimate of drug-likeness (QED) is 0.900. The van der Waals surface area contributed by atoms with Crippen LogP contribution in [0.1, 0.15) is 23.7 Å². The summed E-state index contributed by atoms with van der Waals surface area (Å²) in [5, 5.41) is 7.65. The van der Waals surface area contributed by atoms with E-state index >= 15 is 0 Å². The number of hydrogen-bond donors (Lipinski definition) is 1. The molecule has 96 valence electrons. The Morgan fingerprint density at radius 1 is 1.39 bits per heavy atom. The molecule has 0 radical (unpaired) electrons. The van der Waals surface area contributed by atoms with E-state index in [1.807, 2.05) is 24.9 Å². The molecular formula is C14H18FN3. The third kappa shape index (κ3) is 2.70. The van der Waals surface area contributed by atoms with Gasteiger partial charge < -0.3 is 5.32 Å². The van der Waals surface area contributed by atoms with E-state index in [1.165, 1.54) is 12.1 Å². The number of anilines is 1. The highest BCUT2D eigenvalue weighted by atomic mass is 19.1. The Bertz CT molecular complexity index is 546. The molecule has 1 aromatic carbocycles. The predicted octanol–water partition coefficient (Wildman–Crippen LogP) is 3.04. The number of benzene rings is 1. The maximum absolute atomic E-state index is 13.2. The van der Waals surface area contributed by atoms with E-state index in [-0.39, 0.29) is 5.82 Å². The largest absolute Gasteiger partial charge is 0.381 e. The van der Waals surface area contributed by atoms with E-state index in [1.54, 1.807) is 6.07 Å². The molecule has 1 aromatic heterocycles. The van der Waals surface area contributed by atoms with Crippen LogP contribution in [0.3, 0.4) is 0 Å². The van der Waals surface area contributed by atoms with Gasteiger partial charge in [0.05, 0.1) is 5.69 Å². The molecule has 0 aliphatic rings. The molecule has 0 fully saturated rings. The third-order valence-corrected chi connectivity index (χ3v) is 3.00. The highest BCUT2D eigenvalue weighted by Gasteiger charge is 2.06. The molecule has 1 heterocycles. The van der Waals surface area contributed by atoms with Crippen molar-refractivity contribution in [2.24, 2.45) is 7.05 Å². The van der Waals surface area contributed by atoms with Crippen LogP contribution in [0.25, 0.3) is 0 Å². The van der Waals surface area contributed by atoms with Crippen LogP contribution in [0, 0.1) is 12.7 Å². The van der Waals surface area contributed by atoms with Crippen molar-refractivity contribution in [1.29, 1.82) is 0 Å². The van der Waals surface area contributed by atoms with Crippen LogP contribution in [0.15, 0.2) is 24.4 Å². The fourth-order valence-electron chi connectivity index (χ4n) is 2.00. The third-order valence-electron chi connectivity index (χ3n) is 3.00. The zero-order valence-electron chi connectivity index (χ0n) is 11.0. The molecule has 3 nitrogen and oxygen atoms in total. The van der Waals surface area contributed by atoms with Crippen LogP contribution in [-0.2, 0) is 20.0 Å². The normalized spacial score (nSPS) is 10.7. The summed E-state index contributed by atoms with van der Waals surface area (Å²) in [4.78, 5) is 0. The Labute approximate surface area is 107 Å². The molecule has 4 heteroatoms. The van der Waals surface area contributed by atoms with E-state index < -0.39 is 0 Å². The highest BCUT2D eigenvalue weighted by Crippen LogP contribution is 2.18. The Balaban J connectivity index is 2.13. The summed E-state index contributed by atoms with van der Waals surface area (Å²) in [6.07, 6.45) is 2.90. The molecule has 0 atom stereocenters. The summed E-state index contributed by atoms with van der Waals surface area (Å²) in [7, 11) is 1.91. The molecule has 0 saturated heterocycles. The highest BCUT2D eigenvalue weighted by molar-refractivity contribution is 5.51. The lowest BCUT2D eigenvalue weighted by molar-refractivity contribution is 0.628. The average Bonchev–Trinajstić information content (AvgIpc) is 2.71. The van der Waals surface area contributed by atoms with Gasteiger partial charge in [-0.2, -0.15) is 5.10 Å². The van der Waals surface area contributed by atoms with Crippen molar-refractivity contribution < 1.29 is 4.39 Å². The van der Waals surface area contributed by atoms with Crippen LogP contribution in [0.4, 0.5) is 10.1 Å². The maximum atomic E-state index is 13.2. The average molecular weight is 247 g/mol. The van der Waals surface area contributed by atoms with Crippen molar-refractivity contribution in [1.82, 2.24) is 9.78 Å². The van der Waals surface area contributed by atoms with Gasteiger partial charge in [-0.1, -0.05) is 13.0 Å². The molecule has 0 aliphatic heterocycles. The number of hydrogen-bond acceptors (Lipinski definition) is 2. The molecule has 0 saturated carbocycles. The van der Waals surface area contributed by atoms with E-state index in [0.29, 0.717) is 6.54 Å². The first-order valence-electron chi connectivity index (χ1n) is 6.11. The first kappa shape index (κ1) is 12.6. The van der Waals surface area contributed by atoms with Crippen LogP contribution in [0.5, 0.6) is 0 Å². The zero-order valence-corrected chi connectivity index (χ0v) is 11.0. The maximum Gasteiger partial charge on any atom is 0.125 e. The van der Waals surface area contributed by atoms with Crippen molar-refractivity contribution in [2.75, 3.05) is 5.32 Å². The molecule has 0 spiro atoms. The summed E-state index contributed by atoms with van der Waals surface area (Å²) in [6.45, 7) is 4.71. The standard InChI is InChI=1S/C14H18FN3/c1-4-13-11(9-18(3)17-13)8-16-14-7-12(15)6-5-10(14)2/h5-7,9,16H,4,8H2,1-3H3. The topological polar surface area (TPSA) is 29.9 Å². The number of halogens is 1. The van der Waals surface area contributed by atoms with Gasteiger partial charge in [0.25, 0.3) is 0 Å². The molecule has 0 aliphatic carbocycles. The van der Waals surface area contributed by atoms with Crippen LogP contribution < -0.4 is 5.32 Å². The van der Waals surface area contributed by atoms with Gasteiger partial charge in [0.15, 0.2) is 0 Å². The van der Waals surface area contributed by atoms with Gasteiger partial charge in [-0.3, -0.25) is 4.68 Å². The molecule has 0 amide bonds. The van der Waals surface area contributed by atoms with Crippen LogP contribution in [-0.4, -0.2) is 9.78 Å². The number of aromatic nitrogens is 2. The molecule has 0 bridgehead atoms. The Hall–Kier alpha value is -1.84. The summed E-state index contributed by atoms with van der Waals surface area (Å²) >= 11 is 0. The minimum Gasteiger partial charge on any atom is -0.381 e. The second kappa shape index (κ2) is 5.21. The van der Waals surface area contributed by atoms with Gasteiger partial charge in [-0.15, -0.1) is 0 Å². The van der Waals surface area contributed by atoms with E-state index in [2.05, 4.69) is 17.3 Å². The molecular weight excluding hydrogens is 229 g/mol. The predicted molar refractivity (Wildman–Crippen MR) is 71.0 cm³/mol. The molecule has 2 rings (SSSR count). The van der Waals surface area contributed by atoms with Crippen LogP contribution in [0.2, 0.25) is 0 Å². The van der Waals surface area contributed by atoms with Crippen molar-refractivity contribution in [3.63, 3.8) is 0 Å². The van der Waals surface area contributed by atoms with Crippen molar-refractivity contribution in [3.8, 4) is 0 Å². The van der Waals surface area contributed by atoms with Gasteiger partial charge in [-0.25, -0.2) is 4.39 Å². The molecule has 18 heavy (non-hydrogen) atoms. The first-order chi connectivity index (χ1) is 8.60. The second-order valence-electron chi connectivity index (χ2n) is 4.44. The number of rotatable bonds is 4. The smallest absolute Gasteiger partial charge is 0.125 e. The summed E-state index contributed by atoms with van der Waals surface area (Å²) in [5.41, 5.74) is 4.11. The second-order valence-corrected chi connectivity index (χ2v) is 4.44. The molecule has 2 aromatic rings. The first-order valence-corrected chi connectivity index (χ1v) is 6.11. The van der Waals surface area contributed by atoms with E-state index in [4.69, 9.17) is 0 Å². The SMILES string of the molecule is CCc1nn(C)cc1CNc1cc(F)ccc1C. The Kier molecular flexibility index (Phi) is 3.65. The van der Waals surface area contributed by atoms with Gasteiger partial charge in [-0.05, 0) is 31.0 Å². The lowest BCUT2D eigenvalue weighted by Gasteiger charge is -2.09. The van der Waals surface area contributed by atoms with Gasteiger partial charge in [0.1, 0.15) is 5.82 Å². The van der Waals surface area contributed by atoms with Crippen molar-refractivity contribution in [2.45, 2.75) is 26.8 Å². The number of nitrogens with zero attached hydrogens (tertiary/aromatic N) is 2. The summed E-state index contributed by atoms with van der Waals surface area (Å²) < 4.78 is 15.0. The van der Waals surface area contributed by atoms with E-state index in [9.17, 15) is 4.39 Å². The van der Waals surface area contributed by atoms with Crippen molar-refractivity contribution >= 4 is 5.69 Å². The Morgan fingerprint density at radius 2 is 2.17 bits per heavy atom. The van der Waals surface area contributed by atoms with Crippen molar-refractivity contribution in [3.05, 3.63) is 47.0 Å². The Morgan fingerprint density at radius 3 is 2.89 bits per heavy atom. The molecule has 0 unspecified atom stereocenters. The van der Waals surface area contributed by atoms with Gasteiger partial charge >= 0.3 is 0 Å². The number of nitrogens with one attached hydrogen (secondary N) is 1. The lowest BCUT2D eigenvalue weighted by Crippen LogP contribution is -2.02. The molecule has 1 N–H and O–H groups in total. The van der Waals surface area contributed by atoms with E-state index in [0.717, 1.165) is 28.9 Å². The number of aryl methyl sites for hydroxylation is 3.